The summed E-state index contributed by atoms with van der Waals surface area (Å²) in [5.41, 5.74) is 0.0851. The first-order chi connectivity index (χ1) is 20.7. The van der Waals surface area contributed by atoms with Gasteiger partial charge in [0.05, 0.1) is 11.1 Å². The average Bonchev–Trinajstić information content (AvgIpc) is 3.23. The van der Waals surface area contributed by atoms with Gasteiger partial charge < -0.3 is 18.9 Å². The fourth-order valence-electron chi connectivity index (χ4n) is 7.24. The number of ether oxygens (including phenoxy) is 4. The Hall–Kier alpha value is -2.08. The first-order valence-electron chi connectivity index (χ1n) is 15.2. The van der Waals surface area contributed by atoms with Crippen LogP contribution in [0.1, 0.15) is 74.6 Å². The predicted molar refractivity (Wildman–Crippen MR) is 163 cm³/mol. The second-order valence-corrected chi connectivity index (χ2v) is 14.8. The van der Waals surface area contributed by atoms with Crippen molar-refractivity contribution >= 4 is 35.5 Å². The van der Waals surface area contributed by atoms with Crippen LogP contribution in [0.3, 0.4) is 0 Å². The van der Waals surface area contributed by atoms with Crippen molar-refractivity contribution in [3.63, 3.8) is 0 Å². The highest BCUT2D eigenvalue weighted by molar-refractivity contribution is 7.99. The van der Waals surface area contributed by atoms with Gasteiger partial charge in [0.2, 0.25) is 12.1 Å². The molecule has 4 aliphatic heterocycles. The van der Waals surface area contributed by atoms with Crippen LogP contribution in [0.4, 0.5) is 0 Å². The van der Waals surface area contributed by atoms with Gasteiger partial charge in [-0.3, -0.25) is 0 Å². The van der Waals surface area contributed by atoms with Crippen molar-refractivity contribution in [2.45, 2.75) is 93.7 Å². The molecule has 5 fully saturated rings. The van der Waals surface area contributed by atoms with Crippen LogP contribution in [-0.4, -0.2) is 53.5 Å². The molecule has 7 rings (SSSR count). The number of thioether (sulfide) groups is 2. The monoisotopic (exact) mass is 628 g/mol. The van der Waals surface area contributed by atoms with Crippen molar-refractivity contribution in [1.29, 1.82) is 0 Å². The van der Waals surface area contributed by atoms with Gasteiger partial charge in [0.1, 0.15) is 6.10 Å². The molecule has 1 saturated carbocycles. The van der Waals surface area contributed by atoms with Gasteiger partial charge in [-0.1, -0.05) is 39.8 Å². The van der Waals surface area contributed by atoms with Crippen LogP contribution in [0.15, 0.2) is 58.3 Å². The Balaban J connectivity index is 1.27. The minimum Gasteiger partial charge on any atom is -0.458 e. The second-order valence-electron chi connectivity index (χ2n) is 12.1. The predicted octanol–water partition coefficient (Wildman–Crippen LogP) is 7.11. The van der Waals surface area contributed by atoms with Gasteiger partial charge in [0.15, 0.2) is 11.9 Å². The summed E-state index contributed by atoms with van der Waals surface area (Å²) in [6.45, 7) is 10.1. The van der Waals surface area contributed by atoms with Crippen molar-refractivity contribution in [1.82, 2.24) is 0 Å². The number of hydrogen-bond acceptors (Lipinski definition) is 10. The molecule has 9 atom stereocenters. The summed E-state index contributed by atoms with van der Waals surface area (Å²) in [7, 11) is 0. The zero-order valence-corrected chi connectivity index (χ0v) is 26.9. The average molecular weight is 629 g/mol. The lowest BCUT2D eigenvalue weighted by atomic mass is 9.57. The van der Waals surface area contributed by atoms with E-state index in [4.69, 9.17) is 28.7 Å². The molecule has 2 aromatic rings. The molecule has 4 saturated heterocycles. The third kappa shape index (κ3) is 5.75. The summed E-state index contributed by atoms with van der Waals surface area (Å²) < 4.78 is 25.2. The number of esters is 2. The van der Waals surface area contributed by atoms with Crippen molar-refractivity contribution in [3.8, 4) is 0 Å². The fraction of sp³-hybridized carbons (Fsp3) is 0.576. The molecule has 43 heavy (non-hydrogen) atoms. The molecule has 8 nitrogen and oxygen atoms in total. The number of carbonyl (C=O) groups is 2. The Labute approximate surface area is 261 Å². The maximum Gasteiger partial charge on any atom is 0.340 e. The summed E-state index contributed by atoms with van der Waals surface area (Å²) >= 11 is 3.35. The standard InChI is InChI=1S/C33H40O8S2/c1-6-42-23-12-8-10-21(16-23)28(34)36-27-18-26-20(4)30(37-29(35)22-11-9-13-24(17-22)43-7-2)38-31-33(26)25(19(27)3)14-15-32(5,39-31)40-41-33/h8-13,16-17,19-20,25-27,30-31H,6-7,14-15,18H2,1-5H3/t19-,20+,25-,26-,27+,30+,31+,32-,33+/m0/s1. The maximum atomic E-state index is 13.4. The highest BCUT2D eigenvalue weighted by Gasteiger charge is 2.71. The number of rotatable bonds is 8. The number of hydrogen-bond donors (Lipinski definition) is 0. The molecule has 10 heteroatoms. The Morgan fingerprint density at radius 3 is 2.14 bits per heavy atom. The van der Waals surface area contributed by atoms with Crippen LogP contribution in [0.2, 0.25) is 0 Å². The molecule has 5 aliphatic rings. The zero-order chi connectivity index (χ0) is 30.4. The van der Waals surface area contributed by atoms with Crippen LogP contribution >= 0.6 is 23.5 Å². The molecule has 0 aromatic heterocycles. The minimum atomic E-state index is -0.998. The lowest BCUT2D eigenvalue weighted by molar-refractivity contribution is -0.577. The molecule has 0 unspecified atom stereocenters. The SMILES string of the molecule is CCSc1cccc(C(=O)O[C@@H]2O[C@@H]3O[C@]4(C)CC[C@H]5[C@H](C)[C@H](OC(=O)c6cccc(SCC)c6)C[C@@H]([C@H]2C)[C@@]35OO4)c1. The lowest BCUT2D eigenvalue weighted by Crippen LogP contribution is -2.72. The van der Waals surface area contributed by atoms with Crippen LogP contribution < -0.4 is 0 Å². The van der Waals surface area contributed by atoms with E-state index in [0.717, 1.165) is 27.7 Å². The smallest absolute Gasteiger partial charge is 0.340 e. The summed E-state index contributed by atoms with van der Waals surface area (Å²) in [6.07, 6.45) is -0.215. The maximum absolute atomic E-state index is 13.4. The van der Waals surface area contributed by atoms with E-state index in [9.17, 15) is 9.59 Å². The molecule has 0 radical (unpaired) electrons. The van der Waals surface area contributed by atoms with Gasteiger partial charge in [-0.15, -0.1) is 23.5 Å². The van der Waals surface area contributed by atoms with E-state index in [0.29, 0.717) is 24.0 Å². The van der Waals surface area contributed by atoms with Crippen LogP contribution in [0, 0.1) is 23.7 Å². The molecule has 0 amide bonds. The molecule has 1 aliphatic carbocycles. The molecule has 232 valence electrons. The van der Waals surface area contributed by atoms with E-state index in [1.165, 1.54) is 0 Å². The Bertz CT molecular complexity index is 1350. The Morgan fingerprint density at radius 2 is 1.51 bits per heavy atom. The van der Waals surface area contributed by atoms with Crippen LogP contribution in [0.5, 0.6) is 0 Å². The van der Waals surface area contributed by atoms with Crippen molar-refractivity contribution in [2.24, 2.45) is 23.7 Å². The van der Waals surface area contributed by atoms with Crippen LogP contribution in [-0.2, 0) is 28.7 Å². The second kappa shape index (κ2) is 12.4. The van der Waals surface area contributed by atoms with Crippen LogP contribution in [0.25, 0.3) is 0 Å². The zero-order valence-electron chi connectivity index (χ0n) is 25.3. The van der Waals surface area contributed by atoms with E-state index in [-0.39, 0.29) is 35.7 Å². The highest BCUT2D eigenvalue weighted by Crippen LogP contribution is 2.61. The van der Waals surface area contributed by atoms with Gasteiger partial charge in [0, 0.05) is 34.0 Å². The summed E-state index contributed by atoms with van der Waals surface area (Å²) in [4.78, 5) is 41.1. The molecular formula is C33H40O8S2. The van der Waals surface area contributed by atoms with E-state index in [1.54, 1.807) is 35.7 Å². The van der Waals surface area contributed by atoms with E-state index >= 15 is 0 Å². The third-order valence-corrected chi connectivity index (χ3v) is 11.2. The van der Waals surface area contributed by atoms with Gasteiger partial charge in [-0.2, -0.15) is 0 Å². The summed E-state index contributed by atoms with van der Waals surface area (Å²) in [5, 5.41) is 0. The Morgan fingerprint density at radius 1 is 0.884 bits per heavy atom. The first kappa shape index (κ1) is 30.9. The van der Waals surface area contributed by atoms with Gasteiger partial charge in [0.25, 0.3) is 0 Å². The normalized spacial score (nSPS) is 36.3. The fourth-order valence-corrected chi connectivity index (χ4v) is 8.67. The molecule has 0 N–H and O–H groups in total. The van der Waals surface area contributed by atoms with Crippen molar-refractivity contribution in [3.05, 3.63) is 59.7 Å². The molecule has 2 aromatic carbocycles. The molecule has 4 heterocycles. The summed E-state index contributed by atoms with van der Waals surface area (Å²) in [6, 6.07) is 15.0. The molecule has 2 bridgehead atoms. The molecular weight excluding hydrogens is 588 g/mol. The lowest BCUT2D eigenvalue weighted by Gasteiger charge is -2.60. The number of carbonyl (C=O) groups excluding carboxylic acids is 2. The van der Waals surface area contributed by atoms with Gasteiger partial charge in [-0.25, -0.2) is 19.4 Å². The minimum absolute atomic E-state index is 0.0442. The number of benzene rings is 2. The topological polar surface area (TPSA) is 89.5 Å². The van der Waals surface area contributed by atoms with E-state index < -0.39 is 29.9 Å². The van der Waals surface area contributed by atoms with Crippen molar-refractivity contribution in [2.75, 3.05) is 11.5 Å². The number of fused-ring (bicyclic) bond motifs is 2. The summed E-state index contributed by atoms with van der Waals surface area (Å²) in [5.74, 6) is -0.599. The molecule has 1 spiro atoms. The quantitative estimate of drug-likeness (QED) is 0.171. The van der Waals surface area contributed by atoms with Crippen molar-refractivity contribution < 1.29 is 38.3 Å². The third-order valence-electron chi connectivity index (χ3n) is 9.43. The van der Waals surface area contributed by atoms with Gasteiger partial charge in [-0.05, 0) is 73.6 Å². The first-order valence-corrected chi connectivity index (χ1v) is 17.2. The Kier molecular flexibility index (Phi) is 8.90. The van der Waals surface area contributed by atoms with E-state index in [1.807, 2.05) is 50.2 Å². The van der Waals surface area contributed by atoms with Gasteiger partial charge >= 0.3 is 11.9 Å². The largest absolute Gasteiger partial charge is 0.458 e. The van der Waals surface area contributed by atoms with E-state index in [2.05, 4.69) is 20.8 Å². The highest BCUT2D eigenvalue weighted by atomic mass is 32.2.